The number of aromatic nitrogens is 3. The number of aliphatic hydroxyl groups is 1. The van der Waals surface area contributed by atoms with Gasteiger partial charge in [0.05, 0.1) is 5.52 Å². The molecule has 3 rings (SSSR count). The summed E-state index contributed by atoms with van der Waals surface area (Å²) in [7, 11) is 0. The van der Waals surface area contributed by atoms with Crippen molar-refractivity contribution in [2.75, 3.05) is 0 Å². The Morgan fingerprint density at radius 3 is 2.52 bits per heavy atom. The first kappa shape index (κ1) is 13.8. The largest absolute Gasteiger partial charge is 0.386 e. The van der Waals surface area contributed by atoms with E-state index in [0.29, 0.717) is 0 Å². The second kappa shape index (κ2) is 6.08. The van der Waals surface area contributed by atoms with Crippen molar-refractivity contribution in [1.29, 1.82) is 0 Å². The maximum absolute atomic E-state index is 10.6. The highest BCUT2D eigenvalue weighted by atomic mass is 35.5. The number of para-hydroxylation sites is 1. The topological polar surface area (TPSA) is 50.9 Å². The van der Waals surface area contributed by atoms with Gasteiger partial charge in [-0.15, -0.1) is 5.10 Å². The molecular weight excluding hydrogens is 286 g/mol. The number of hydrogen-bond acceptors (Lipinski definition) is 3. The molecule has 4 nitrogen and oxygen atoms in total. The summed E-state index contributed by atoms with van der Waals surface area (Å²) < 4.78 is 1.69. The summed E-state index contributed by atoms with van der Waals surface area (Å²) >= 11 is 5.74. The third-order valence-corrected chi connectivity index (χ3v) is 3.54. The van der Waals surface area contributed by atoms with Gasteiger partial charge in [-0.3, -0.25) is 0 Å². The van der Waals surface area contributed by atoms with Gasteiger partial charge in [-0.05, 0) is 23.8 Å². The zero-order valence-corrected chi connectivity index (χ0v) is 11.9. The van der Waals surface area contributed by atoms with Crippen molar-refractivity contribution in [2.45, 2.75) is 12.1 Å². The molecule has 2 aromatic carbocycles. The number of fused-ring (bicyclic) bond motifs is 1. The Kier molecular flexibility index (Phi) is 3.99. The highest BCUT2D eigenvalue weighted by Gasteiger charge is 2.22. The van der Waals surface area contributed by atoms with Crippen molar-refractivity contribution in [3.05, 3.63) is 71.8 Å². The van der Waals surface area contributed by atoms with Gasteiger partial charge in [-0.2, -0.15) is 0 Å². The Hall–Kier alpha value is -2.17. The molecule has 21 heavy (non-hydrogen) atoms. The third kappa shape index (κ3) is 2.68. The second-order valence-electron chi connectivity index (χ2n) is 4.69. The van der Waals surface area contributed by atoms with Crippen LogP contribution >= 0.6 is 11.6 Å². The predicted octanol–water partition coefficient (Wildman–Crippen LogP) is 3.46. The van der Waals surface area contributed by atoms with Crippen molar-refractivity contribution in [3.8, 4) is 0 Å². The molecule has 1 heterocycles. The highest BCUT2D eigenvalue weighted by molar-refractivity contribution is 6.25. The van der Waals surface area contributed by atoms with Crippen molar-refractivity contribution < 1.29 is 5.11 Å². The Balaban J connectivity index is 2.06. The molecule has 0 saturated carbocycles. The van der Waals surface area contributed by atoms with Crippen LogP contribution in [0.3, 0.4) is 0 Å². The lowest BCUT2D eigenvalue weighted by atomic mass is 10.0. The molecule has 106 valence electrons. The van der Waals surface area contributed by atoms with Gasteiger partial charge in [-0.25, -0.2) is 4.68 Å². The first-order chi connectivity index (χ1) is 10.3. The fourth-order valence-electron chi connectivity index (χ4n) is 2.35. The van der Waals surface area contributed by atoms with Gasteiger partial charge in [0.25, 0.3) is 0 Å². The number of halogens is 1. The lowest BCUT2D eigenvalue weighted by Crippen LogP contribution is -2.17. The molecule has 0 saturated heterocycles. The molecule has 0 bridgehead atoms. The Labute approximate surface area is 127 Å². The lowest BCUT2D eigenvalue weighted by molar-refractivity contribution is 0.130. The average Bonchev–Trinajstić information content (AvgIpc) is 2.97. The van der Waals surface area contributed by atoms with E-state index < -0.39 is 12.1 Å². The fourth-order valence-corrected chi connectivity index (χ4v) is 2.50. The molecule has 0 spiro atoms. The summed E-state index contributed by atoms with van der Waals surface area (Å²) in [5, 5.41) is 18.9. The summed E-state index contributed by atoms with van der Waals surface area (Å²) in [5.41, 5.74) is 3.84. The number of rotatable bonds is 4. The van der Waals surface area contributed by atoms with E-state index in [1.807, 2.05) is 54.6 Å². The number of nitrogens with zero attached hydrogens (tertiary/aromatic N) is 3. The molecule has 0 aliphatic rings. The van der Waals surface area contributed by atoms with Gasteiger partial charge >= 0.3 is 0 Å². The van der Waals surface area contributed by atoms with Crippen molar-refractivity contribution in [2.24, 2.45) is 0 Å². The highest BCUT2D eigenvalue weighted by Crippen LogP contribution is 2.29. The molecule has 2 atom stereocenters. The standard InChI is InChI=1S/C16H14ClN3O/c17-11-10-15(16(21)12-6-2-1-3-7-12)20-14-9-5-4-8-13(14)18-19-20/h1-11,15-16,21H. The molecule has 0 aliphatic heterocycles. The molecule has 0 radical (unpaired) electrons. The Morgan fingerprint density at radius 2 is 1.76 bits per heavy atom. The van der Waals surface area contributed by atoms with E-state index in [0.717, 1.165) is 16.6 Å². The number of hydrogen-bond donors (Lipinski definition) is 1. The summed E-state index contributed by atoms with van der Waals surface area (Å²) in [4.78, 5) is 0. The molecule has 5 heteroatoms. The van der Waals surface area contributed by atoms with Crippen LogP contribution in [0.5, 0.6) is 0 Å². The minimum absolute atomic E-state index is 0.419. The van der Waals surface area contributed by atoms with E-state index in [9.17, 15) is 5.11 Å². The van der Waals surface area contributed by atoms with E-state index in [1.54, 1.807) is 10.8 Å². The normalized spacial score (nSPS) is 14.6. The first-order valence-corrected chi connectivity index (χ1v) is 7.04. The van der Waals surface area contributed by atoms with Gasteiger partial charge in [-0.1, -0.05) is 59.3 Å². The summed E-state index contributed by atoms with van der Waals surface area (Å²) in [6.07, 6.45) is 0.951. The van der Waals surface area contributed by atoms with Crippen LogP contribution in [0.2, 0.25) is 0 Å². The summed E-state index contributed by atoms with van der Waals surface area (Å²) in [5.74, 6) is 0. The molecule has 1 N–H and O–H groups in total. The van der Waals surface area contributed by atoms with E-state index in [2.05, 4.69) is 10.3 Å². The van der Waals surface area contributed by atoms with Crippen molar-refractivity contribution >= 4 is 22.6 Å². The van der Waals surface area contributed by atoms with Crippen LogP contribution in [0.4, 0.5) is 0 Å². The van der Waals surface area contributed by atoms with E-state index >= 15 is 0 Å². The van der Waals surface area contributed by atoms with Crippen LogP contribution < -0.4 is 0 Å². The van der Waals surface area contributed by atoms with Crippen LogP contribution in [-0.4, -0.2) is 20.1 Å². The van der Waals surface area contributed by atoms with E-state index in [1.165, 1.54) is 5.54 Å². The molecule has 1 aromatic heterocycles. The molecule has 0 amide bonds. The number of aliphatic hydroxyl groups excluding tert-OH is 1. The zero-order chi connectivity index (χ0) is 14.7. The minimum atomic E-state index is -0.758. The van der Waals surface area contributed by atoms with Gasteiger partial charge < -0.3 is 5.11 Å². The first-order valence-electron chi connectivity index (χ1n) is 6.61. The molecule has 0 fully saturated rings. The lowest BCUT2D eigenvalue weighted by Gasteiger charge is -2.20. The van der Waals surface area contributed by atoms with Gasteiger partial charge in [0, 0.05) is 5.54 Å². The summed E-state index contributed by atoms with van der Waals surface area (Å²) in [6.45, 7) is 0. The van der Waals surface area contributed by atoms with Crippen molar-refractivity contribution in [3.63, 3.8) is 0 Å². The average molecular weight is 300 g/mol. The van der Waals surface area contributed by atoms with Crippen LogP contribution in [0, 0.1) is 0 Å². The summed E-state index contributed by atoms with van der Waals surface area (Å²) in [6, 6.07) is 16.6. The SMILES string of the molecule is OC(c1ccccc1)C(C=CCl)n1nnc2ccccc21. The fraction of sp³-hybridized carbons (Fsp3) is 0.125. The predicted molar refractivity (Wildman–Crippen MR) is 83.0 cm³/mol. The molecule has 2 unspecified atom stereocenters. The maximum atomic E-state index is 10.6. The molecule has 3 aromatic rings. The van der Waals surface area contributed by atoms with Gasteiger partial charge in [0.15, 0.2) is 0 Å². The smallest absolute Gasteiger partial charge is 0.113 e. The van der Waals surface area contributed by atoms with Gasteiger partial charge in [0.2, 0.25) is 0 Å². The van der Waals surface area contributed by atoms with Crippen LogP contribution in [0.1, 0.15) is 17.7 Å². The van der Waals surface area contributed by atoms with Crippen LogP contribution in [0.25, 0.3) is 11.0 Å². The quantitative estimate of drug-likeness (QED) is 0.802. The van der Waals surface area contributed by atoms with E-state index in [-0.39, 0.29) is 0 Å². The monoisotopic (exact) mass is 299 g/mol. The Morgan fingerprint density at radius 1 is 1.05 bits per heavy atom. The third-order valence-electron chi connectivity index (χ3n) is 3.39. The van der Waals surface area contributed by atoms with Crippen LogP contribution in [-0.2, 0) is 0 Å². The molecule has 0 aliphatic carbocycles. The van der Waals surface area contributed by atoms with Gasteiger partial charge in [0.1, 0.15) is 17.7 Å². The minimum Gasteiger partial charge on any atom is -0.386 e. The van der Waals surface area contributed by atoms with E-state index in [4.69, 9.17) is 11.6 Å². The molecular formula is C16H14ClN3O. The number of benzene rings is 2. The Bertz CT molecular complexity index is 754. The second-order valence-corrected chi connectivity index (χ2v) is 4.94. The maximum Gasteiger partial charge on any atom is 0.113 e. The van der Waals surface area contributed by atoms with Crippen LogP contribution in [0.15, 0.2) is 66.2 Å². The van der Waals surface area contributed by atoms with Crippen molar-refractivity contribution in [1.82, 2.24) is 15.0 Å². The zero-order valence-electron chi connectivity index (χ0n) is 11.2.